The first-order chi connectivity index (χ1) is 12.2. The summed E-state index contributed by atoms with van der Waals surface area (Å²) in [5, 5.41) is 3.16. The Hall–Kier alpha value is -2.69. The van der Waals surface area contributed by atoms with Crippen LogP contribution in [-0.2, 0) is 0 Å². The maximum Gasteiger partial charge on any atom is 0.193 e. The molecule has 5 heteroatoms. The van der Waals surface area contributed by atoms with E-state index in [0.29, 0.717) is 25.1 Å². The molecule has 3 rings (SSSR count). The molecule has 0 amide bonds. The number of hydrogen-bond acceptors (Lipinski definition) is 3. The van der Waals surface area contributed by atoms with Crippen LogP contribution in [0.3, 0.4) is 0 Å². The van der Waals surface area contributed by atoms with Gasteiger partial charge in [-0.05, 0) is 38.0 Å². The third-order valence-corrected chi connectivity index (χ3v) is 4.11. The summed E-state index contributed by atoms with van der Waals surface area (Å²) in [5.74, 6) is 2.37. The molecule has 2 atom stereocenters. The molecule has 1 aliphatic rings. The van der Waals surface area contributed by atoms with Crippen molar-refractivity contribution in [2.24, 2.45) is 10.7 Å². The molecule has 132 valence electrons. The van der Waals surface area contributed by atoms with Gasteiger partial charge in [-0.3, -0.25) is 0 Å². The van der Waals surface area contributed by atoms with Crippen molar-refractivity contribution in [3.8, 4) is 11.5 Å². The minimum absolute atomic E-state index is 0.237. The van der Waals surface area contributed by atoms with Gasteiger partial charge < -0.3 is 20.5 Å². The minimum Gasteiger partial charge on any atom is -0.494 e. The molecule has 2 unspecified atom stereocenters. The van der Waals surface area contributed by atoms with Crippen LogP contribution >= 0.6 is 0 Å². The van der Waals surface area contributed by atoms with Crippen LogP contribution in [0.1, 0.15) is 31.7 Å². The van der Waals surface area contributed by atoms with Gasteiger partial charge >= 0.3 is 0 Å². The van der Waals surface area contributed by atoms with Gasteiger partial charge in [0, 0.05) is 12.0 Å². The topological polar surface area (TPSA) is 68.9 Å². The molecule has 2 aromatic carbocycles. The van der Waals surface area contributed by atoms with Crippen molar-refractivity contribution in [1.29, 1.82) is 0 Å². The number of anilines is 1. The number of benzene rings is 2. The van der Waals surface area contributed by atoms with Gasteiger partial charge in [-0.2, -0.15) is 0 Å². The average molecular weight is 339 g/mol. The highest BCUT2D eigenvalue weighted by molar-refractivity contribution is 5.94. The Kier molecular flexibility index (Phi) is 5.43. The highest BCUT2D eigenvalue weighted by Crippen LogP contribution is 2.43. The van der Waals surface area contributed by atoms with Crippen molar-refractivity contribution in [3.63, 3.8) is 0 Å². The second kappa shape index (κ2) is 7.92. The lowest BCUT2D eigenvalue weighted by atomic mass is 10.1. The second-order valence-electron chi connectivity index (χ2n) is 5.98. The quantitative estimate of drug-likeness (QED) is 0.595. The van der Waals surface area contributed by atoms with Gasteiger partial charge in [0.1, 0.15) is 11.5 Å². The number of nitrogens with two attached hydrogens (primary N) is 1. The average Bonchev–Trinajstić information content (AvgIpc) is 3.37. The second-order valence-corrected chi connectivity index (χ2v) is 5.98. The first-order valence-electron chi connectivity index (χ1n) is 8.76. The summed E-state index contributed by atoms with van der Waals surface area (Å²) in [4.78, 5) is 4.61. The van der Waals surface area contributed by atoms with E-state index in [4.69, 9.17) is 15.2 Å². The maximum atomic E-state index is 6.12. The molecule has 2 aromatic rings. The zero-order chi connectivity index (χ0) is 17.6. The van der Waals surface area contributed by atoms with Crippen molar-refractivity contribution in [2.75, 3.05) is 18.5 Å². The molecular weight excluding hydrogens is 314 g/mol. The highest BCUT2D eigenvalue weighted by atomic mass is 16.5. The molecular formula is C20H25N3O2. The van der Waals surface area contributed by atoms with Crippen LogP contribution in [0.25, 0.3) is 0 Å². The molecule has 1 saturated carbocycles. The number of nitrogens with zero attached hydrogens (tertiary/aromatic N) is 1. The van der Waals surface area contributed by atoms with Crippen LogP contribution < -0.4 is 20.5 Å². The fourth-order valence-corrected chi connectivity index (χ4v) is 2.88. The van der Waals surface area contributed by atoms with Gasteiger partial charge in [0.15, 0.2) is 5.96 Å². The lowest BCUT2D eigenvalue weighted by Crippen LogP contribution is -2.23. The van der Waals surface area contributed by atoms with E-state index >= 15 is 0 Å². The minimum atomic E-state index is 0.237. The van der Waals surface area contributed by atoms with Crippen molar-refractivity contribution >= 4 is 11.6 Å². The van der Waals surface area contributed by atoms with E-state index < -0.39 is 0 Å². The SMILES string of the molecule is CCOc1ccc(OCC)c(NC(N)=NC2CC2c2ccccc2)c1. The summed E-state index contributed by atoms with van der Waals surface area (Å²) in [6, 6.07) is 16.3. The summed E-state index contributed by atoms with van der Waals surface area (Å²) >= 11 is 0. The van der Waals surface area contributed by atoms with Crippen molar-refractivity contribution < 1.29 is 9.47 Å². The summed E-state index contributed by atoms with van der Waals surface area (Å²) in [6.07, 6.45) is 1.03. The standard InChI is InChI=1S/C20H25N3O2/c1-3-24-15-10-11-19(25-4-2)18(12-15)23-20(21)22-17-13-16(17)14-8-6-5-7-9-14/h5-12,16-17H,3-4,13H2,1-2H3,(H3,21,22,23). The summed E-state index contributed by atoms with van der Waals surface area (Å²) < 4.78 is 11.2. The molecule has 1 aliphatic carbocycles. The van der Waals surface area contributed by atoms with E-state index in [1.165, 1.54) is 5.56 Å². The van der Waals surface area contributed by atoms with E-state index in [-0.39, 0.29) is 6.04 Å². The third kappa shape index (κ3) is 4.44. The molecule has 5 nitrogen and oxygen atoms in total. The molecule has 3 N–H and O–H groups in total. The monoisotopic (exact) mass is 339 g/mol. The van der Waals surface area contributed by atoms with Crippen LogP contribution in [0, 0.1) is 0 Å². The smallest absolute Gasteiger partial charge is 0.193 e. The number of nitrogens with one attached hydrogen (secondary N) is 1. The van der Waals surface area contributed by atoms with Gasteiger partial charge in [-0.1, -0.05) is 30.3 Å². The molecule has 0 aromatic heterocycles. The van der Waals surface area contributed by atoms with Gasteiger partial charge in [0.05, 0.1) is 24.9 Å². The molecule has 25 heavy (non-hydrogen) atoms. The van der Waals surface area contributed by atoms with E-state index in [1.807, 2.05) is 38.1 Å². The number of ether oxygens (including phenoxy) is 2. The third-order valence-electron chi connectivity index (χ3n) is 4.11. The van der Waals surface area contributed by atoms with Crippen LogP contribution in [0.2, 0.25) is 0 Å². The van der Waals surface area contributed by atoms with Gasteiger partial charge in [-0.15, -0.1) is 0 Å². The Morgan fingerprint density at radius 2 is 1.88 bits per heavy atom. The van der Waals surface area contributed by atoms with Crippen LogP contribution in [0.4, 0.5) is 5.69 Å². The molecule has 0 saturated heterocycles. The number of guanidine groups is 1. The van der Waals surface area contributed by atoms with Gasteiger partial charge in [0.2, 0.25) is 0 Å². The van der Waals surface area contributed by atoms with Gasteiger partial charge in [-0.25, -0.2) is 4.99 Å². The highest BCUT2D eigenvalue weighted by Gasteiger charge is 2.38. The fourth-order valence-electron chi connectivity index (χ4n) is 2.88. The van der Waals surface area contributed by atoms with Crippen molar-refractivity contribution in [1.82, 2.24) is 0 Å². The molecule has 1 fully saturated rings. The molecule has 0 spiro atoms. The zero-order valence-electron chi connectivity index (χ0n) is 14.7. The van der Waals surface area contributed by atoms with Crippen molar-refractivity contribution in [3.05, 3.63) is 54.1 Å². The zero-order valence-corrected chi connectivity index (χ0v) is 14.7. The normalized spacial score (nSPS) is 19.4. The Balaban J connectivity index is 1.69. The molecule has 0 bridgehead atoms. The fraction of sp³-hybridized carbons (Fsp3) is 0.350. The Morgan fingerprint density at radius 1 is 1.12 bits per heavy atom. The lowest BCUT2D eigenvalue weighted by Gasteiger charge is -2.14. The summed E-state index contributed by atoms with van der Waals surface area (Å²) in [6.45, 7) is 5.10. The van der Waals surface area contributed by atoms with Crippen LogP contribution in [-0.4, -0.2) is 25.2 Å². The van der Waals surface area contributed by atoms with E-state index in [9.17, 15) is 0 Å². The van der Waals surface area contributed by atoms with Crippen LogP contribution in [0.5, 0.6) is 11.5 Å². The number of aliphatic imine (C=N–C) groups is 1. The molecule has 0 aliphatic heterocycles. The predicted octanol–water partition coefficient (Wildman–Crippen LogP) is 3.77. The largest absolute Gasteiger partial charge is 0.494 e. The number of rotatable bonds is 7. The van der Waals surface area contributed by atoms with Crippen LogP contribution in [0.15, 0.2) is 53.5 Å². The molecule has 0 radical (unpaired) electrons. The van der Waals surface area contributed by atoms with E-state index in [1.54, 1.807) is 0 Å². The summed E-state index contributed by atoms with van der Waals surface area (Å²) in [7, 11) is 0. The first-order valence-corrected chi connectivity index (χ1v) is 8.76. The summed E-state index contributed by atoms with van der Waals surface area (Å²) in [5.41, 5.74) is 8.20. The Morgan fingerprint density at radius 3 is 2.60 bits per heavy atom. The lowest BCUT2D eigenvalue weighted by molar-refractivity contribution is 0.332. The van der Waals surface area contributed by atoms with Gasteiger partial charge in [0.25, 0.3) is 0 Å². The van der Waals surface area contributed by atoms with E-state index in [0.717, 1.165) is 23.6 Å². The van der Waals surface area contributed by atoms with E-state index in [2.05, 4.69) is 34.6 Å². The number of hydrogen-bond donors (Lipinski definition) is 2. The molecule has 0 heterocycles. The Labute approximate surface area is 148 Å². The maximum absolute atomic E-state index is 6.12. The predicted molar refractivity (Wildman–Crippen MR) is 102 cm³/mol. The Bertz CT molecular complexity index is 731. The van der Waals surface area contributed by atoms with Crippen molar-refractivity contribution in [2.45, 2.75) is 32.2 Å². The first kappa shape index (κ1) is 17.1.